The predicted molar refractivity (Wildman–Crippen MR) is 101 cm³/mol. The van der Waals surface area contributed by atoms with Crippen LogP contribution in [0.1, 0.15) is 21.3 Å². The van der Waals surface area contributed by atoms with Crippen LogP contribution >= 0.6 is 0 Å². The zero-order chi connectivity index (χ0) is 16.7. The molecule has 0 amide bonds. The number of likely N-dealkylation sites (N-methyl/N-ethyl adjacent to an activating group) is 3. The fourth-order valence-corrected chi connectivity index (χ4v) is 1.10. The monoisotopic (exact) mass is 347 g/mol. The number of rotatable bonds is 7. The fourth-order valence-electron chi connectivity index (χ4n) is 1.10. The average Bonchev–Trinajstić information content (AvgIpc) is 2.47. The van der Waals surface area contributed by atoms with Gasteiger partial charge in [-0.3, -0.25) is 0 Å². The standard InChI is InChI=1S/C13H24N3.C2H6.C2H4.CH4.V/c1-11(10-12(2)14-4)13(3)16(7)9-8-15(5)6;2*1-2;;/h10,14H,1-3,8-9H2,4-7H3;1-2H3;1-2H2;1H4;/q-1;;;;/b11-10-;;;;. The Morgan fingerprint density at radius 1 is 1.09 bits per heavy atom. The summed E-state index contributed by atoms with van der Waals surface area (Å²) in [6.45, 7) is 23.8. The van der Waals surface area contributed by atoms with E-state index in [9.17, 15) is 0 Å². The van der Waals surface area contributed by atoms with E-state index in [0.29, 0.717) is 0 Å². The zero-order valence-electron chi connectivity index (χ0n) is 14.9. The van der Waals surface area contributed by atoms with Gasteiger partial charge in [0.2, 0.25) is 0 Å². The van der Waals surface area contributed by atoms with E-state index < -0.39 is 0 Å². The molecule has 0 aromatic rings. The molecular formula is C18H38N3V-. The van der Waals surface area contributed by atoms with Crippen molar-refractivity contribution in [3.05, 3.63) is 56.3 Å². The van der Waals surface area contributed by atoms with Gasteiger partial charge < -0.3 is 15.1 Å². The molecule has 0 spiro atoms. The first-order chi connectivity index (χ1) is 9.38. The van der Waals surface area contributed by atoms with Gasteiger partial charge in [0.05, 0.1) is 0 Å². The van der Waals surface area contributed by atoms with Gasteiger partial charge >= 0.3 is 0 Å². The molecule has 22 heavy (non-hydrogen) atoms. The first kappa shape index (κ1) is 32.8. The molecule has 1 N–H and O–H groups in total. The van der Waals surface area contributed by atoms with Crippen LogP contribution in [0.3, 0.4) is 0 Å². The molecule has 1 radical (unpaired) electrons. The van der Waals surface area contributed by atoms with Gasteiger partial charge in [-0.25, -0.2) is 0 Å². The molecular weight excluding hydrogens is 309 g/mol. The van der Waals surface area contributed by atoms with E-state index in [1.165, 1.54) is 0 Å². The minimum atomic E-state index is 0. The van der Waals surface area contributed by atoms with Crippen LogP contribution in [0.2, 0.25) is 0 Å². The van der Waals surface area contributed by atoms with E-state index in [2.05, 4.69) is 62.5 Å². The summed E-state index contributed by atoms with van der Waals surface area (Å²) >= 11 is 0. The summed E-state index contributed by atoms with van der Waals surface area (Å²) in [6, 6.07) is 0. The molecule has 0 saturated carbocycles. The van der Waals surface area contributed by atoms with Gasteiger partial charge in [0, 0.05) is 38.7 Å². The quantitative estimate of drug-likeness (QED) is 0.427. The molecule has 0 aromatic carbocycles. The van der Waals surface area contributed by atoms with E-state index in [4.69, 9.17) is 0 Å². The van der Waals surface area contributed by atoms with E-state index in [0.717, 1.165) is 30.1 Å². The van der Waals surface area contributed by atoms with E-state index in [1.54, 1.807) is 0 Å². The third kappa shape index (κ3) is 19.0. The predicted octanol–water partition coefficient (Wildman–Crippen LogP) is 3.95. The summed E-state index contributed by atoms with van der Waals surface area (Å²) < 4.78 is 0. The smallest absolute Gasteiger partial charge is 0.0185 e. The van der Waals surface area contributed by atoms with Crippen molar-refractivity contribution in [2.45, 2.75) is 21.3 Å². The normalized spacial score (nSPS) is 8.77. The Labute approximate surface area is 152 Å². The van der Waals surface area contributed by atoms with E-state index in [-0.39, 0.29) is 26.0 Å². The Morgan fingerprint density at radius 2 is 1.50 bits per heavy atom. The fraction of sp³-hybridized carbons (Fsp3) is 0.500. The Kier molecular flexibility index (Phi) is 33.2. The van der Waals surface area contributed by atoms with Gasteiger partial charge in [-0.1, -0.05) is 33.6 Å². The van der Waals surface area contributed by atoms with Gasteiger partial charge in [-0.15, -0.1) is 25.8 Å². The topological polar surface area (TPSA) is 18.5 Å². The van der Waals surface area contributed by atoms with Gasteiger partial charge in [-0.05, 0) is 26.8 Å². The largest absolute Gasteiger partial charge is 0.425 e. The van der Waals surface area contributed by atoms with Crippen LogP contribution in [0, 0.1) is 6.92 Å². The number of hydrogen-bond acceptors (Lipinski definition) is 3. The van der Waals surface area contributed by atoms with Gasteiger partial charge in [0.15, 0.2) is 0 Å². The van der Waals surface area contributed by atoms with Gasteiger partial charge in [0.25, 0.3) is 0 Å². The molecule has 131 valence electrons. The number of allylic oxidation sites excluding steroid dienone is 2. The maximum absolute atomic E-state index is 4.03. The molecule has 0 atom stereocenters. The van der Waals surface area contributed by atoms with Crippen molar-refractivity contribution < 1.29 is 18.6 Å². The van der Waals surface area contributed by atoms with Crippen LogP contribution in [0.4, 0.5) is 0 Å². The number of nitrogens with one attached hydrogen (secondary N) is 1. The zero-order valence-corrected chi connectivity index (χ0v) is 16.3. The van der Waals surface area contributed by atoms with Gasteiger partial charge in [-0.2, -0.15) is 12.5 Å². The molecule has 0 aromatic heterocycles. The third-order valence-electron chi connectivity index (χ3n) is 2.38. The SMILES string of the molecule is C.C=C.C=C(/C=C(/[CH2-])C(=C)N(C)CCN(C)C)NC.CC.[V]. The van der Waals surface area contributed by atoms with Crippen molar-refractivity contribution in [2.24, 2.45) is 0 Å². The molecule has 0 heterocycles. The Hall–Kier alpha value is -1.03. The van der Waals surface area contributed by atoms with Crippen molar-refractivity contribution in [2.75, 3.05) is 41.3 Å². The Bertz CT molecular complexity index is 297. The molecule has 4 heteroatoms. The summed E-state index contributed by atoms with van der Waals surface area (Å²) in [7, 11) is 7.97. The summed E-state index contributed by atoms with van der Waals surface area (Å²) in [5.41, 5.74) is 2.66. The molecule has 0 aliphatic heterocycles. The Morgan fingerprint density at radius 3 is 1.82 bits per heavy atom. The first-order valence-corrected chi connectivity index (χ1v) is 6.84. The van der Waals surface area contributed by atoms with Crippen LogP contribution in [0.5, 0.6) is 0 Å². The van der Waals surface area contributed by atoms with Crippen LogP contribution in [-0.2, 0) is 18.6 Å². The second-order valence-electron chi connectivity index (χ2n) is 4.12. The molecule has 0 aliphatic carbocycles. The Balaban J connectivity index is -0.000000147. The van der Waals surface area contributed by atoms with Crippen LogP contribution < -0.4 is 5.32 Å². The second-order valence-corrected chi connectivity index (χ2v) is 4.12. The summed E-state index contributed by atoms with van der Waals surface area (Å²) in [5, 5.41) is 2.96. The van der Waals surface area contributed by atoms with Crippen molar-refractivity contribution in [3.8, 4) is 0 Å². The summed E-state index contributed by atoms with van der Waals surface area (Å²) in [4.78, 5) is 4.24. The minimum absolute atomic E-state index is 0. The van der Waals surface area contributed by atoms with Gasteiger partial charge in [0.1, 0.15) is 0 Å². The number of hydrogen-bond donors (Lipinski definition) is 1. The molecule has 0 unspecified atom stereocenters. The third-order valence-corrected chi connectivity index (χ3v) is 2.38. The number of nitrogens with zero attached hydrogens (tertiary/aromatic N) is 2. The van der Waals surface area contributed by atoms with Crippen molar-refractivity contribution in [3.63, 3.8) is 0 Å². The first-order valence-electron chi connectivity index (χ1n) is 6.84. The minimum Gasteiger partial charge on any atom is -0.425 e. The maximum atomic E-state index is 4.03. The average molecular weight is 347 g/mol. The van der Waals surface area contributed by atoms with Crippen molar-refractivity contribution >= 4 is 0 Å². The summed E-state index contributed by atoms with van der Waals surface area (Å²) in [5.74, 6) is 0. The van der Waals surface area contributed by atoms with Crippen molar-refractivity contribution in [1.82, 2.24) is 15.1 Å². The maximum Gasteiger partial charge on any atom is 0.0185 e. The molecule has 0 saturated heterocycles. The van der Waals surface area contributed by atoms with E-state index in [1.807, 2.05) is 34.0 Å². The summed E-state index contributed by atoms with van der Waals surface area (Å²) in [6.07, 6.45) is 1.90. The molecule has 0 aliphatic rings. The molecule has 0 rings (SSSR count). The van der Waals surface area contributed by atoms with Crippen molar-refractivity contribution in [1.29, 1.82) is 0 Å². The molecule has 3 nitrogen and oxygen atoms in total. The van der Waals surface area contributed by atoms with Crippen LogP contribution in [0.15, 0.2) is 49.4 Å². The van der Waals surface area contributed by atoms with Crippen LogP contribution in [-0.4, -0.2) is 51.1 Å². The molecule has 0 bridgehead atoms. The van der Waals surface area contributed by atoms with E-state index >= 15 is 0 Å². The molecule has 0 fully saturated rings. The second kappa shape index (κ2) is 22.3. The van der Waals surface area contributed by atoms with Crippen LogP contribution in [0.25, 0.3) is 0 Å².